The number of unbranched alkanes of at least 4 members (excludes halogenated alkanes) is 1. The Morgan fingerprint density at radius 1 is 1.30 bits per heavy atom. The quantitative estimate of drug-likeness (QED) is 0.543. The third-order valence-electron chi connectivity index (χ3n) is 4.20. The zero-order valence-corrected chi connectivity index (χ0v) is 14.4. The molecule has 1 unspecified atom stereocenters. The first-order valence-electron chi connectivity index (χ1n) is 7.78. The summed E-state index contributed by atoms with van der Waals surface area (Å²) in [7, 11) is -0.469. The number of hydrogen-bond acceptors (Lipinski definition) is 5. The lowest BCUT2D eigenvalue weighted by Gasteiger charge is -2.28. The topological polar surface area (TPSA) is 84.5 Å². The number of fused-ring (bicyclic) bond motifs is 1. The van der Waals surface area contributed by atoms with Crippen molar-refractivity contribution in [3.05, 3.63) is 35.4 Å². The van der Waals surface area contributed by atoms with Gasteiger partial charge in [-0.05, 0) is 50.4 Å². The first-order valence-corrected chi connectivity index (χ1v) is 9.43. The van der Waals surface area contributed by atoms with E-state index in [0.29, 0.717) is 24.8 Å². The second kappa shape index (κ2) is 7.42. The molecule has 0 fully saturated rings. The van der Waals surface area contributed by atoms with Crippen LogP contribution in [0, 0.1) is 0 Å². The molecule has 0 amide bonds. The van der Waals surface area contributed by atoms with E-state index in [2.05, 4.69) is 10.0 Å². The molecule has 0 aliphatic heterocycles. The van der Waals surface area contributed by atoms with E-state index >= 15 is 0 Å². The SMILES string of the molecule is CNCCCCS(=O)(=O)NC1(C(=O)OC)CCc2ccccc21. The summed E-state index contributed by atoms with van der Waals surface area (Å²) in [6, 6.07) is 7.41. The fraction of sp³-hybridized carbons (Fsp3) is 0.562. The summed E-state index contributed by atoms with van der Waals surface area (Å²) in [5, 5.41) is 2.99. The van der Waals surface area contributed by atoms with Gasteiger partial charge in [0.2, 0.25) is 10.0 Å². The molecule has 1 aromatic rings. The van der Waals surface area contributed by atoms with Crippen LogP contribution in [0.25, 0.3) is 0 Å². The number of esters is 1. The third kappa shape index (κ3) is 3.91. The maximum Gasteiger partial charge on any atom is 0.331 e. The van der Waals surface area contributed by atoms with Crippen molar-refractivity contribution in [3.8, 4) is 0 Å². The Labute approximate surface area is 137 Å². The molecular formula is C16H24N2O4S. The predicted octanol–water partition coefficient (Wildman–Crippen LogP) is 0.920. The molecule has 0 saturated heterocycles. The van der Waals surface area contributed by atoms with Gasteiger partial charge in [0.15, 0.2) is 5.54 Å². The maximum absolute atomic E-state index is 12.4. The first-order chi connectivity index (χ1) is 10.9. The van der Waals surface area contributed by atoms with Crippen LogP contribution < -0.4 is 10.0 Å². The standard InChI is InChI=1S/C16H24N2O4S/c1-17-11-5-6-12-23(20,21)18-16(15(19)22-2)10-9-13-7-3-4-8-14(13)16/h3-4,7-8,17-18H,5-6,9-12H2,1-2H3. The lowest BCUT2D eigenvalue weighted by atomic mass is 9.93. The van der Waals surface area contributed by atoms with E-state index in [4.69, 9.17) is 4.74 Å². The van der Waals surface area contributed by atoms with Crippen LogP contribution in [0.15, 0.2) is 24.3 Å². The molecule has 1 atom stereocenters. The summed E-state index contributed by atoms with van der Waals surface area (Å²) in [5.74, 6) is -0.559. The monoisotopic (exact) mass is 340 g/mol. The molecule has 0 bridgehead atoms. The van der Waals surface area contributed by atoms with Gasteiger partial charge in [0, 0.05) is 0 Å². The average Bonchev–Trinajstić information content (AvgIpc) is 2.90. The molecule has 7 heteroatoms. The predicted molar refractivity (Wildman–Crippen MR) is 88.5 cm³/mol. The highest BCUT2D eigenvalue weighted by Gasteiger charge is 2.48. The highest BCUT2D eigenvalue weighted by Crippen LogP contribution is 2.38. The smallest absolute Gasteiger partial charge is 0.331 e. The van der Waals surface area contributed by atoms with Crippen LogP contribution in [0.3, 0.4) is 0 Å². The first kappa shape index (κ1) is 17.9. The van der Waals surface area contributed by atoms with Gasteiger partial charge in [-0.25, -0.2) is 13.2 Å². The van der Waals surface area contributed by atoms with Crippen LogP contribution >= 0.6 is 0 Å². The number of hydrogen-bond donors (Lipinski definition) is 2. The Morgan fingerprint density at radius 3 is 2.74 bits per heavy atom. The second-order valence-electron chi connectivity index (χ2n) is 5.79. The zero-order chi connectivity index (χ0) is 16.9. The van der Waals surface area contributed by atoms with Crippen LogP contribution in [0.5, 0.6) is 0 Å². The van der Waals surface area contributed by atoms with Crippen LogP contribution in [0.1, 0.15) is 30.4 Å². The number of benzene rings is 1. The van der Waals surface area contributed by atoms with Crippen molar-refractivity contribution in [2.75, 3.05) is 26.5 Å². The number of carbonyl (C=O) groups is 1. The van der Waals surface area contributed by atoms with E-state index in [9.17, 15) is 13.2 Å². The van der Waals surface area contributed by atoms with Gasteiger partial charge in [0.05, 0.1) is 12.9 Å². The summed E-state index contributed by atoms with van der Waals surface area (Å²) in [4.78, 5) is 12.4. The number of rotatable bonds is 8. The van der Waals surface area contributed by atoms with Crippen LogP contribution in [0.2, 0.25) is 0 Å². The van der Waals surface area contributed by atoms with Crippen molar-refractivity contribution in [2.45, 2.75) is 31.2 Å². The van der Waals surface area contributed by atoms with Crippen LogP contribution in [-0.2, 0) is 31.5 Å². The van der Waals surface area contributed by atoms with E-state index in [1.54, 1.807) is 6.07 Å². The highest BCUT2D eigenvalue weighted by atomic mass is 32.2. The number of aryl methyl sites for hydroxylation is 1. The fourth-order valence-corrected chi connectivity index (χ4v) is 4.57. The van der Waals surface area contributed by atoms with Gasteiger partial charge in [0.25, 0.3) is 0 Å². The largest absolute Gasteiger partial charge is 0.467 e. The Bertz CT molecular complexity index is 660. The Kier molecular flexibility index (Phi) is 5.78. The summed E-state index contributed by atoms with van der Waals surface area (Å²) in [5.41, 5.74) is 0.383. The average molecular weight is 340 g/mol. The molecule has 0 aromatic heterocycles. The summed E-state index contributed by atoms with van der Waals surface area (Å²) in [6.45, 7) is 0.764. The number of carbonyl (C=O) groups excluding carboxylic acids is 1. The van der Waals surface area contributed by atoms with E-state index < -0.39 is 21.5 Å². The number of sulfonamides is 1. The molecular weight excluding hydrogens is 316 g/mol. The van der Waals surface area contributed by atoms with Crippen LogP contribution in [0.4, 0.5) is 0 Å². The normalized spacial score (nSPS) is 20.3. The number of ether oxygens (including phenoxy) is 1. The lowest BCUT2D eigenvalue weighted by molar-refractivity contribution is -0.148. The molecule has 1 aliphatic rings. The molecule has 23 heavy (non-hydrogen) atoms. The molecule has 0 saturated carbocycles. The second-order valence-corrected chi connectivity index (χ2v) is 7.63. The van der Waals surface area contributed by atoms with Crippen molar-refractivity contribution in [3.63, 3.8) is 0 Å². The lowest BCUT2D eigenvalue weighted by Crippen LogP contribution is -2.51. The van der Waals surface area contributed by atoms with E-state index in [1.807, 2.05) is 25.2 Å². The minimum atomic E-state index is -3.58. The zero-order valence-electron chi connectivity index (χ0n) is 13.6. The van der Waals surface area contributed by atoms with Crippen molar-refractivity contribution < 1.29 is 17.9 Å². The number of methoxy groups -OCH3 is 1. The van der Waals surface area contributed by atoms with Crippen molar-refractivity contribution >= 4 is 16.0 Å². The Morgan fingerprint density at radius 2 is 2.04 bits per heavy atom. The third-order valence-corrected chi connectivity index (χ3v) is 5.69. The van der Waals surface area contributed by atoms with Crippen molar-refractivity contribution in [1.82, 2.24) is 10.0 Å². The van der Waals surface area contributed by atoms with Gasteiger partial charge >= 0.3 is 5.97 Å². The molecule has 0 spiro atoms. The van der Waals surface area contributed by atoms with Gasteiger partial charge in [-0.3, -0.25) is 0 Å². The molecule has 1 aromatic carbocycles. The van der Waals surface area contributed by atoms with E-state index in [0.717, 1.165) is 18.5 Å². The van der Waals surface area contributed by atoms with Gasteiger partial charge in [0.1, 0.15) is 0 Å². The van der Waals surface area contributed by atoms with Gasteiger partial charge in [-0.2, -0.15) is 4.72 Å². The highest BCUT2D eigenvalue weighted by molar-refractivity contribution is 7.89. The van der Waals surface area contributed by atoms with Gasteiger partial charge < -0.3 is 10.1 Å². The van der Waals surface area contributed by atoms with Crippen molar-refractivity contribution in [1.29, 1.82) is 0 Å². The van der Waals surface area contributed by atoms with Gasteiger partial charge in [-0.15, -0.1) is 0 Å². The molecule has 0 radical (unpaired) electrons. The molecule has 1 aliphatic carbocycles. The minimum Gasteiger partial charge on any atom is -0.467 e. The fourth-order valence-electron chi connectivity index (χ4n) is 3.06. The maximum atomic E-state index is 12.4. The number of nitrogens with one attached hydrogen (secondary N) is 2. The summed E-state index contributed by atoms with van der Waals surface area (Å²) in [6.07, 6.45) is 2.33. The molecule has 6 nitrogen and oxygen atoms in total. The molecule has 2 N–H and O–H groups in total. The molecule has 0 heterocycles. The van der Waals surface area contributed by atoms with E-state index in [1.165, 1.54) is 7.11 Å². The van der Waals surface area contributed by atoms with E-state index in [-0.39, 0.29) is 5.75 Å². The summed E-state index contributed by atoms with van der Waals surface area (Å²) < 4.78 is 32.4. The van der Waals surface area contributed by atoms with Crippen molar-refractivity contribution in [2.24, 2.45) is 0 Å². The Balaban J connectivity index is 2.23. The molecule has 128 valence electrons. The Hall–Kier alpha value is -1.44. The minimum absolute atomic E-state index is 0.00437. The van der Waals surface area contributed by atoms with Crippen LogP contribution in [-0.4, -0.2) is 40.8 Å². The molecule has 2 rings (SSSR count). The van der Waals surface area contributed by atoms with Gasteiger partial charge in [-0.1, -0.05) is 24.3 Å². The summed E-state index contributed by atoms with van der Waals surface area (Å²) >= 11 is 0.